The standard InChI is InChI=1S/C28H25N2O.C27H22N2O.C26H19NO2.C26H19NOS.C25H23NO/c1-18-9-12-21-22-13-10-20(17-26(22)30(3,4)25(21)15-18)29(2)19-11-14-28-24(16-19)23-7-5-6-8-27(23)31-28;1-17-8-11-20-21-12-9-19(16-25(21)29(3)24(20)14-17)28(2)18-10-13-27-23(15-18)22-6-4-5-7-26(22)30-27;2*1-16-7-10-20-21-11-8-18(15-26(21)29-25(20)13-16)27(2)17-9-12-24-22(14-17)19-5-3-4-6-23(19)28-24;1-16-5-8-20-21-9-6-19(15-23(21)25(2,3)22(20)13-16)26(4)18-7-10-24-17(14-18)11-12-27-24/h5-17H,1-4H3;4-16H,1-3H3;2*3-15H,1-2H3;5-15H,1-4H3/q+1;;;;. The zero-order chi connectivity index (χ0) is 99.6. The van der Waals surface area contributed by atoms with Crippen LogP contribution in [0.15, 0.2) is 409 Å². The number of hydrogen-bond donors (Lipinski definition) is 0. The maximum absolute atomic E-state index is 6.13. The van der Waals surface area contributed by atoms with Crippen molar-refractivity contribution in [2.24, 2.45) is 7.05 Å². The van der Waals surface area contributed by atoms with Gasteiger partial charge in [-0.05, 0) is 285 Å². The van der Waals surface area contributed by atoms with Crippen LogP contribution in [0.1, 0.15) is 52.8 Å². The molecule has 712 valence electrons. The van der Waals surface area contributed by atoms with Crippen molar-refractivity contribution in [3.05, 3.63) is 421 Å². The summed E-state index contributed by atoms with van der Waals surface area (Å²) < 4.78 is 41.3. The molecule has 0 amide bonds. The van der Waals surface area contributed by atoms with E-state index in [1.165, 1.54) is 132 Å². The molecule has 29 rings (SSSR count). The van der Waals surface area contributed by atoms with Crippen molar-refractivity contribution in [3.63, 3.8) is 0 Å². The van der Waals surface area contributed by atoms with Gasteiger partial charge in [0.1, 0.15) is 72.8 Å². The molecule has 146 heavy (non-hydrogen) atoms. The Labute approximate surface area is 850 Å². The molecule has 2 aliphatic rings. The molecule has 27 aromatic rings. The first-order chi connectivity index (χ1) is 70.8. The van der Waals surface area contributed by atoms with Crippen molar-refractivity contribution < 1.29 is 26.5 Å². The van der Waals surface area contributed by atoms with E-state index in [-0.39, 0.29) is 5.41 Å². The van der Waals surface area contributed by atoms with Crippen LogP contribution < -0.4 is 29.0 Å². The third-order valence-electron chi connectivity index (χ3n) is 30.6. The highest BCUT2D eigenvalue weighted by molar-refractivity contribution is 7.25. The van der Waals surface area contributed by atoms with Gasteiger partial charge in [0, 0.05) is 230 Å². The van der Waals surface area contributed by atoms with E-state index >= 15 is 0 Å². The molecule has 0 unspecified atom stereocenters. The number of fused-ring (bicyclic) bond motifs is 28. The maximum atomic E-state index is 6.13. The third-order valence-corrected chi connectivity index (χ3v) is 31.7. The van der Waals surface area contributed by atoms with Gasteiger partial charge in [-0.25, -0.2) is 0 Å². The van der Waals surface area contributed by atoms with E-state index in [2.05, 4.69) is 437 Å². The van der Waals surface area contributed by atoms with Crippen LogP contribution in [-0.2, 0) is 12.5 Å². The summed E-state index contributed by atoms with van der Waals surface area (Å²) >= 11 is 1.87. The molecule has 14 heteroatoms. The number of nitrogens with zero attached hydrogens (tertiary/aromatic N) is 7. The van der Waals surface area contributed by atoms with Crippen molar-refractivity contribution in [2.45, 2.75) is 53.9 Å². The highest BCUT2D eigenvalue weighted by Gasteiger charge is 2.39. The Bertz CT molecular complexity index is 9720. The maximum Gasteiger partial charge on any atom is 0.147 e. The van der Waals surface area contributed by atoms with Gasteiger partial charge in [0.2, 0.25) is 0 Å². The van der Waals surface area contributed by atoms with Crippen molar-refractivity contribution >= 4 is 242 Å². The van der Waals surface area contributed by atoms with Crippen LogP contribution in [0.5, 0.6) is 0 Å². The molecular formula is C132H108N7O6S+. The van der Waals surface area contributed by atoms with E-state index in [1.807, 2.05) is 84.1 Å². The Kier molecular flexibility index (Phi) is 21.6. The van der Waals surface area contributed by atoms with Crippen LogP contribution in [0.3, 0.4) is 0 Å². The van der Waals surface area contributed by atoms with E-state index in [1.54, 1.807) is 6.26 Å². The number of anilines is 10. The number of quaternary nitrogens is 1. The second-order valence-electron chi connectivity index (χ2n) is 40.5. The van der Waals surface area contributed by atoms with Gasteiger partial charge in [0.15, 0.2) is 0 Å². The average Bonchev–Trinajstić information content (AvgIpc) is 1.57. The van der Waals surface area contributed by atoms with Gasteiger partial charge in [-0.3, -0.25) is 4.48 Å². The molecule has 0 saturated carbocycles. The third kappa shape index (κ3) is 15.5. The number of benzene rings is 19. The van der Waals surface area contributed by atoms with E-state index in [0.29, 0.717) is 0 Å². The Balaban J connectivity index is 0.0000000952. The minimum Gasteiger partial charge on any atom is -0.464 e. The Hall–Kier alpha value is -17.3. The summed E-state index contributed by atoms with van der Waals surface area (Å²) in [7, 11) is 17.3. The van der Waals surface area contributed by atoms with Crippen LogP contribution in [0.2, 0.25) is 0 Å². The van der Waals surface area contributed by atoms with Gasteiger partial charge in [0.25, 0.3) is 0 Å². The van der Waals surface area contributed by atoms with E-state index < -0.39 is 0 Å². The molecule has 0 radical (unpaired) electrons. The molecule has 0 N–H and O–H groups in total. The van der Waals surface area contributed by atoms with Crippen LogP contribution in [0.25, 0.3) is 185 Å². The van der Waals surface area contributed by atoms with Crippen LogP contribution >= 0.6 is 11.3 Å². The molecule has 0 spiro atoms. The van der Waals surface area contributed by atoms with E-state index in [9.17, 15) is 0 Å². The predicted molar refractivity (Wildman–Crippen MR) is 618 cm³/mol. The quantitative estimate of drug-likeness (QED) is 0.122. The molecule has 1 aliphatic heterocycles. The fraction of sp³-hybridized carbons (Fsp3) is 0.121. The normalized spacial score (nSPS) is 12.7. The lowest BCUT2D eigenvalue weighted by atomic mass is 9.82. The zero-order valence-electron chi connectivity index (χ0n) is 84.4. The Morgan fingerprint density at radius 2 is 0.548 bits per heavy atom. The second-order valence-corrected chi connectivity index (χ2v) is 41.6. The SMILES string of the molecule is Cc1ccc2c(c1)C(C)(C)c1cc(N(C)c3ccc4occc4c3)ccc1-2.Cc1ccc2c(c1)[N+](C)(C)c1cc(N(C)c3ccc4oc5ccccc5c4c3)ccc1-2.Cc1ccc2c(c1)oc1cc(N(C)c3ccc4oc5ccccc5c4c3)ccc12.Cc1ccc2c(c1)sc1cc(N(C)c3ccc4oc5ccccc5c4c3)ccc12.Cc1ccc2c3ccc(N(C)c4ccc5oc6ccccc6c5c4)cc3n(C)c2c1. The number of aromatic nitrogens is 1. The van der Waals surface area contributed by atoms with Crippen LogP contribution in [0, 0.1) is 34.6 Å². The minimum atomic E-state index is 0.0159. The van der Waals surface area contributed by atoms with E-state index in [0.717, 1.165) is 165 Å². The highest BCUT2D eigenvalue weighted by Crippen LogP contribution is 2.55. The first-order valence-electron chi connectivity index (χ1n) is 49.8. The Morgan fingerprint density at radius 1 is 0.240 bits per heavy atom. The summed E-state index contributed by atoms with van der Waals surface area (Å²) in [5.74, 6) is 0. The molecule has 0 fully saturated rings. The van der Waals surface area contributed by atoms with Crippen molar-refractivity contribution in [3.8, 4) is 22.3 Å². The van der Waals surface area contributed by atoms with Gasteiger partial charge < -0.3 is 55.6 Å². The fourth-order valence-electron chi connectivity index (χ4n) is 22.2. The van der Waals surface area contributed by atoms with Gasteiger partial charge in [-0.2, -0.15) is 0 Å². The lowest BCUT2D eigenvalue weighted by Crippen LogP contribution is -2.32. The first kappa shape index (κ1) is 90.0. The lowest BCUT2D eigenvalue weighted by Gasteiger charge is -2.27. The van der Waals surface area contributed by atoms with Crippen molar-refractivity contribution in [1.29, 1.82) is 0 Å². The molecule has 13 nitrogen and oxygen atoms in total. The summed E-state index contributed by atoms with van der Waals surface area (Å²) in [6, 6.07) is 134. The first-order valence-corrected chi connectivity index (χ1v) is 50.7. The molecule has 9 heterocycles. The number of furan rings is 6. The molecular weight excluding hydrogens is 1810 g/mol. The zero-order valence-corrected chi connectivity index (χ0v) is 85.2. The molecule has 0 saturated heterocycles. The molecule has 0 bridgehead atoms. The van der Waals surface area contributed by atoms with Gasteiger partial charge in [0.05, 0.1) is 25.9 Å². The number of hydrogen-bond acceptors (Lipinski definition) is 12. The second kappa shape index (κ2) is 35.1. The van der Waals surface area contributed by atoms with Crippen LogP contribution in [-0.4, -0.2) is 53.9 Å². The predicted octanol–water partition coefficient (Wildman–Crippen LogP) is 37.3. The number of para-hydroxylation sites is 4. The van der Waals surface area contributed by atoms with Gasteiger partial charge in [-0.15, -0.1) is 11.3 Å². The van der Waals surface area contributed by atoms with Crippen LogP contribution in [0.4, 0.5) is 68.2 Å². The van der Waals surface area contributed by atoms with Crippen molar-refractivity contribution in [2.75, 3.05) is 73.8 Å². The average molecular weight is 1920 g/mol. The lowest BCUT2D eigenvalue weighted by molar-refractivity contribution is 0.568. The largest absolute Gasteiger partial charge is 0.464 e. The highest BCUT2D eigenvalue weighted by atomic mass is 32.1. The minimum absolute atomic E-state index is 0.0159. The molecule has 8 aromatic heterocycles. The topological polar surface area (TPSA) is 100.0 Å². The van der Waals surface area contributed by atoms with Gasteiger partial charge in [-0.1, -0.05) is 171 Å². The smallest absolute Gasteiger partial charge is 0.147 e. The molecule has 19 aromatic carbocycles. The molecule has 1 aliphatic carbocycles. The summed E-state index contributed by atoms with van der Waals surface area (Å²) in [6.45, 7) is 15.4. The summed E-state index contributed by atoms with van der Waals surface area (Å²) in [6.07, 6.45) is 1.74. The summed E-state index contributed by atoms with van der Waals surface area (Å²) in [5.41, 5.74) is 41.6. The summed E-state index contributed by atoms with van der Waals surface area (Å²) in [5, 5.41) is 17.9. The number of rotatable bonds is 10. The number of thiophene rings is 1. The summed E-state index contributed by atoms with van der Waals surface area (Å²) in [4.78, 5) is 11.2. The number of aryl methyl sites for hydroxylation is 6. The van der Waals surface area contributed by atoms with E-state index in [4.69, 9.17) is 26.5 Å². The van der Waals surface area contributed by atoms with Crippen molar-refractivity contribution in [1.82, 2.24) is 9.05 Å². The monoisotopic (exact) mass is 1920 g/mol. The fourth-order valence-corrected chi connectivity index (χ4v) is 23.4. The van der Waals surface area contributed by atoms with Gasteiger partial charge >= 0.3 is 0 Å². The molecule has 0 atom stereocenters. The Morgan fingerprint density at radius 3 is 1.07 bits per heavy atom.